The van der Waals surface area contributed by atoms with Gasteiger partial charge in [0, 0.05) is 34.1 Å². The van der Waals surface area contributed by atoms with Gasteiger partial charge in [0.15, 0.2) is 0 Å². The molecule has 0 unspecified atom stereocenters. The first-order valence-electron chi connectivity index (χ1n) is 24.3. The number of benzene rings is 7. The van der Waals surface area contributed by atoms with Crippen LogP contribution in [0.25, 0.3) is 22.3 Å². The molecule has 0 saturated heterocycles. The van der Waals surface area contributed by atoms with Gasteiger partial charge in [-0.2, -0.15) is 0 Å². The zero-order chi connectivity index (χ0) is 45.4. The van der Waals surface area contributed by atoms with E-state index in [4.69, 9.17) is 0 Å². The topological polar surface area (TPSA) is 6.48 Å². The van der Waals surface area contributed by atoms with E-state index in [2.05, 4.69) is 232 Å². The first-order valence-corrected chi connectivity index (χ1v) is 24.3. The predicted molar refractivity (Wildman–Crippen MR) is 281 cm³/mol. The zero-order valence-corrected chi connectivity index (χ0v) is 40.7. The van der Waals surface area contributed by atoms with Gasteiger partial charge < -0.3 is 9.80 Å². The van der Waals surface area contributed by atoms with E-state index >= 15 is 0 Å². The molecule has 0 fully saturated rings. The lowest BCUT2D eigenvalue weighted by Crippen LogP contribution is -2.62. The second kappa shape index (κ2) is 14.4. The summed E-state index contributed by atoms with van der Waals surface area (Å²) >= 11 is 0. The van der Waals surface area contributed by atoms with Crippen LogP contribution in [0, 0.1) is 0 Å². The lowest BCUT2D eigenvalue weighted by Gasteiger charge is -2.48. The van der Waals surface area contributed by atoms with Crippen molar-refractivity contribution >= 4 is 57.2 Å². The highest BCUT2D eigenvalue weighted by Crippen LogP contribution is 2.53. The fourth-order valence-corrected chi connectivity index (χ4v) is 12.0. The third-order valence-electron chi connectivity index (χ3n) is 16.3. The van der Waals surface area contributed by atoms with E-state index in [9.17, 15) is 0 Å². The summed E-state index contributed by atoms with van der Waals surface area (Å²) < 4.78 is 0. The molecule has 0 atom stereocenters. The fraction of sp³-hybridized carbons (Fsp3) is 0.323. The van der Waals surface area contributed by atoms with Crippen LogP contribution in [-0.4, -0.2) is 6.71 Å². The molecule has 7 aromatic rings. The molecule has 2 heterocycles. The van der Waals surface area contributed by atoms with Crippen LogP contribution >= 0.6 is 0 Å². The van der Waals surface area contributed by atoms with Gasteiger partial charge in [0.1, 0.15) is 0 Å². The van der Waals surface area contributed by atoms with Crippen molar-refractivity contribution in [3.8, 4) is 22.3 Å². The molecule has 0 spiro atoms. The van der Waals surface area contributed by atoms with E-state index in [1.54, 1.807) is 0 Å². The summed E-state index contributed by atoms with van der Waals surface area (Å²) in [7, 11) is 0. The molecule has 326 valence electrons. The molecule has 7 aromatic carbocycles. The molecular weight excluding hydrogens is 784 g/mol. The Morgan fingerprint density at radius 3 is 1.40 bits per heavy atom. The highest BCUT2D eigenvalue weighted by molar-refractivity contribution is 7.00. The molecular formula is C62H65BN2. The molecule has 65 heavy (non-hydrogen) atoms. The Morgan fingerprint density at radius 2 is 0.831 bits per heavy atom. The van der Waals surface area contributed by atoms with Gasteiger partial charge in [0.2, 0.25) is 0 Å². The molecule has 0 saturated carbocycles. The Labute approximate surface area is 389 Å². The lowest BCUT2D eigenvalue weighted by atomic mass is 9.33. The number of nitrogens with zero attached hydrogens (tertiary/aromatic N) is 2. The van der Waals surface area contributed by atoms with Crippen molar-refractivity contribution in [1.29, 1.82) is 0 Å². The molecule has 0 bridgehead atoms. The maximum atomic E-state index is 2.71. The molecule has 2 aliphatic heterocycles. The molecule has 0 N–H and O–H groups in total. The summed E-state index contributed by atoms with van der Waals surface area (Å²) in [6, 6.07) is 56.3. The second-order valence-corrected chi connectivity index (χ2v) is 23.6. The van der Waals surface area contributed by atoms with Crippen molar-refractivity contribution in [3.05, 3.63) is 173 Å². The molecule has 3 heteroatoms. The van der Waals surface area contributed by atoms with E-state index in [-0.39, 0.29) is 33.8 Å². The van der Waals surface area contributed by atoms with Crippen molar-refractivity contribution in [2.45, 2.75) is 129 Å². The first-order chi connectivity index (χ1) is 30.8. The SMILES string of the molecule is CC(C)(C)c1cc2c3c(c1)N(c1ccc4c(c1)C(C)(C)CCC4(C)C)c1cc4c(cc1B3c1cc(-c3ccccc3)ccc1N2c1ccc(-c2ccccc2)cc1)C(C)(C)CCC4(C)C. The molecule has 2 nitrogen and oxygen atoms in total. The van der Waals surface area contributed by atoms with E-state index in [1.165, 1.54) is 126 Å². The minimum absolute atomic E-state index is 0.0258. The number of fused-ring (bicyclic) bond motifs is 6. The molecule has 11 rings (SSSR count). The smallest absolute Gasteiger partial charge is 0.252 e. The highest BCUT2D eigenvalue weighted by Gasteiger charge is 2.47. The monoisotopic (exact) mass is 849 g/mol. The van der Waals surface area contributed by atoms with E-state index in [1.807, 2.05) is 0 Å². The first kappa shape index (κ1) is 41.9. The van der Waals surface area contributed by atoms with Gasteiger partial charge in [0.05, 0.1) is 0 Å². The van der Waals surface area contributed by atoms with Gasteiger partial charge in [-0.05, 0) is 168 Å². The molecule has 2 aliphatic carbocycles. The van der Waals surface area contributed by atoms with Crippen molar-refractivity contribution in [2.75, 3.05) is 9.80 Å². The second-order valence-electron chi connectivity index (χ2n) is 23.6. The lowest BCUT2D eigenvalue weighted by molar-refractivity contribution is 0.332. The maximum Gasteiger partial charge on any atom is 0.252 e. The Hall–Kier alpha value is -5.80. The summed E-state index contributed by atoms with van der Waals surface area (Å²) in [5.41, 5.74) is 24.3. The van der Waals surface area contributed by atoms with Gasteiger partial charge >= 0.3 is 0 Å². The number of hydrogen-bond acceptors (Lipinski definition) is 2. The van der Waals surface area contributed by atoms with Gasteiger partial charge in [-0.25, -0.2) is 0 Å². The van der Waals surface area contributed by atoms with Crippen molar-refractivity contribution < 1.29 is 0 Å². The minimum Gasteiger partial charge on any atom is -0.311 e. The summed E-state index contributed by atoms with van der Waals surface area (Å²) in [4.78, 5) is 5.30. The Bertz CT molecular complexity index is 3020. The van der Waals surface area contributed by atoms with E-state index in [0.717, 1.165) is 0 Å². The van der Waals surface area contributed by atoms with Crippen LogP contribution in [0.15, 0.2) is 146 Å². The fourth-order valence-electron chi connectivity index (χ4n) is 12.0. The van der Waals surface area contributed by atoms with Crippen molar-refractivity contribution in [2.24, 2.45) is 0 Å². The van der Waals surface area contributed by atoms with Crippen LogP contribution in [0.4, 0.5) is 34.1 Å². The van der Waals surface area contributed by atoms with Gasteiger partial charge in [-0.1, -0.05) is 173 Å². The summed E-state index contributed by atoms with van der Waals surface area (Å²) in [5.74, 6) is 0. The predicted octanol–water partition coefficient (Wildman–Crippen LogP) is 15.1. The Balaban J connectivity index is 1.25. The summed E-state index contributed by atoms with van der Waals surface area (Å²) in [5, 5.41) is 0. The van der Waals surface area contributed by atoms with Gasteiger partial charge in [0.25, 0.3) is 6.71 Å². The summed E-state index contributed by atoms with van der Waals surface area (Å²) in [6.07, 6.45) is 4.73. The average Bonchev–Trinajstić information content (AvgIpc) is 3.29. The number of rotatable bonds is 4. The van der Waals surface area contributed by atoms with Crippen LogP contribution in [0.5, 0.6) is 0 Å². The van der Waals surface area contributed by atoms with Crippen molar-refractivity contribution in [1.82, 2.24) is 0 Å². The molecule has 0 aromatic heterocycles. The average molecular weight is 849 g/mol. The van der Waals surface area contributed by atoms with Crippen LogP contribution < -0.4 is 26.2 Å². The van der Waals surface area contributed by atoms with Gasteiger partial charge in [-0.15, -0.1) is 0 Å². The van der Waals surface area contributed by atoms with E-state index in [0.29, 0.717) is 0 Å². The van der Waals surface area contributed by atoms with Crippen LogP contribution in [0.3, 0.4) is 0 Å². The standard InChI is InChI=1S/C62H65BN2/c1-58(2,3)44-35-55-57-56(36-44)65(46-27-28-47-48(37-46)60(6,7)31-30-59(47,4)5)54-39-50-49(61(8,9)32-33-62(50,10)11)38-52(54)63(57)51-34-43(41-20-16-13-17-21-41)24-29-53(51)64(55)45-25-22-42(23-26-45)40-18-14-12-15-19-40/h12-29,34-39H,30-33H2,1-11H3. The highest BCUT2D eigenvalue weighted by atomic mass is 15.2. The summed E-state index contributed by atoms with van der Waals surface area (Å²) in [6.45, 7) is 26.9. The van der Waals surface area contributed by atoms with Crippen LogP contribution in [-0.2, 0) is 27.1 Å². The largest absolute Gasteiger partial charge is 0.311 e. The third kappa shape index (κ3) is 6.66. The Kier molecular flexibility index (Phi) is 9.25. The van der Waals surface area contributed by atoms with Crippen LogP contribution in [0.2, 0.25) is 0 Å². The molecule has 4 aliphatic rings. The van der Waals surface area contributed by atoms with E-state index < -0.39 is 0 Å². The maximum absolute atomic E-state index is 2.71. The minimum atomic E-state index is -0.100. The third-order valence-corrected chi connectivity index (χ3v) is 16.3. The molecule has 0 radical (unpaired) electrons. The zero-order valence-electron chi connectivity index (χ0n) is 40.7. The number of anilines is 6. The van der Waals surface area contributed by atoms with Gasteiger partial charge in [-0.3, -0.25) is 0 Å². The normalized spacial score (nSPS) is 18.2. The Morgan fingerprint density at radius 1 is 0.385 bits per heavy atom. The quantitative estimate of drug-likeness (QED) is 0.163. The van der Waals surface area contributed by atoms with Crippen molar-refractivity contribution in [3.63, 3.8) is 0 Å². The number of hydrogen-bond donors (Lipinski definition) is 0. The van der Waals surface area contributed by atoms with Crippen LogP contribution in [0.1, 0.15) is 130 Å². The molecule has 0 amide bonds.